The molecule has 2 aromatic rings. The SMILES string of the molecule is COc1c(OC(C)=O)ccc(C=NNC(=O)c2ccccc2Br)c1[N+](=O)[O-]. The Bertz CT molecular complexity index is 929. The number of benzene rings is 2. The highest BCUT2D eigenvalue weighted by atomic mass is 79.9. The van der Waals surface area contributed by atoms with Gasteiger partial charge in [-0.3, -0.25) is 19.7 Å². The van der Waals surface area contributed by atoms with E-state index in [1.165, 1.54) is 19.2 Å². The number of carbonyl (C=O) groups is 2. The van der Waals surface area contributed by atoms with Gasteiger partial charge in [-0.25, -0.2) is 5.43 Å². The summed E-state index contributed by atoms with van der Waals surface area (Å²) in [5, 5.41) is 15.2. The number of hydrogen-bond donors (Lipinski definition) is 1. The van der Waals surface area contributed by atoms with Gasteiger partial charge in [0.2, 0.25) is 5.75 Å². The van der Waals surface area contributed by atoms with Crippen LogP contribution < -0.4 is 14.9 Å². The molecule has 2 aromatic carbocycles. The smallest absolute Gasteiger partial charge is 0.323 e. The third kappa shape index (κ3) is 4.88. The molecule has 0 heterocycles. The van der Waals surface area contributed by atoms with E-state index in [0.717, 1.165) is 13.1 Å². The number of nitrogens with zero attached hydrogens (tertiary/aromatic N) is 2. The molecule has 2 rings (SSSR count). The van der Waals surface area contributed by atoms with Crippen LogP contribution in [0.25, 0.3) is 0 Å². The van der Waals surface area contributed by atoms with Crippen molar-refractivity contribution in [3.63, 3.8) is 0 Å². The lowest BCUT2D eigenvalue weighted by Gasteiger charge is -2.09. The molecule has 0 radical (unpaired) electrons. The molecule has 0 bridgehead atoms. The molecule has 0 unspecified atom stereocenters. The van der Waals surface area contributed by atoms with Crippen LogP contribution in [0, 0.1) is 10.1 Å². The van der Waals surface area contributed by atoms with Crippen molar-refractivity contribution in [2.75, 3.05) is 7.11 Å². The number of carbonyl (C=O) groups excluding carboxylic acids is 2. The molecule has 0 saturated carbocycles. The number of nitro benzene ring substituents is 1. The van der Waals surface area contributed by atoms with Gasteiger partial charge in [-0.2, -0.15) is 5.10 Å². The Labute approximate surface area is 162 Å². The van der Waals surface area contributed by atoms with Crippen molar-refractivity contribution in [1.29, 1.82) is 0 Å². The molecule has 0 saturated heterocycles. The first kappa shape index (κ1) is 20.0. The van der Waals surface area contributed by atoms with Crippen LogP contribution in [-0.2, 0) is 4.79 Å². The van der Waals surface area contributed by atoms with E-state index in [4.69, 9.17) is 9.47 Å². The standard InChI is InChI=1S/C17H14BrN3O6/c1-10(22)27-14-8-7-11(15(21(24)25)16(14)26-2)9-19-20-17(23)12-5-3-4-6-13(12)18/h3-9H,1-2H3,(H,20,23). The number of nitro groups is 1. The highest BCUT2D eigenvalue weighted by molar-refractivity contribution is 9.10. The minimum absolute atomic E-state index is 0.0557. The summed E-state index contributed by atoms with van der Waals surface area (Å²) in [6.07, 6.45) is 1.10. The number of methoxy groups -OCH3 is 1. The lowest BCUT2D eigenvalue weighted by Crippen LogP contribution is -2.18. The molecule has 0 spiro atoms. The average Bonchev–Trinajstić information content (AvgIpc) is 2.61. The molecule has 9 nitrogen and oxygen atoms in total. The number of amides is 1. The van der Waals surface area contributed by atoms with Crippen molar-refractivity contribution in [2.45, 2.75) is 6.92 Å². The molecule has 27 heavy (non-hydrogen) atoms. The Hall–Kier alpha value is -3.27. The molecule has 0 aliphatic carbocycles. The van der Waals surface area contributed by atoms with Crippen LogP contribution in [0.1, 0.15) is 22.8 Å². The molecule has 0 fully saturated rings. The molecule has 140 valence electrons. The van der Waals surface area contributed by atoms with Crippen molar-refractivity contribution in [2.24, 2.45) is 5.10 Å². The van der Waals surface area contributed by atoms with E-state index in [2.05, 4.69) is 26.5 Å². The van der Waals surface area contributed by atoms with Crippen LogP contribution in [0.4, 0.5) is 5.69 Å². The number of hydrazone groups is 1. The van der Waals surface area contributed by atoms with Gasteiger partial charge >= 0.3 is 11.7 Å². The molecule has 0 aliphatic heterocycles. The normalized spacial score (nSPS) is 10.5. The van der Waals surface area contributed by atoms with Gasteiger partial charge < -0.3 is 9.47 Å². The zero-order chi connectivity index (χ0) is 20.0. The van der Waals surface area contributed by atoms with E-state index >= 15 is 0 Å². The number of ether oxygens (including phenoxy) is 2. The summed E-state index contributed by atoms with van der Waals surface area (Å²) in [6, 6.07) is 9.39. The predicted octanol–water partition coefficient (Wildman–Crippen LogP) is 3.06. The fourth-order valence-corrected chi connectivity index (χ4v) is 2.62. The van der Waals surface area contributed by atoms with Crippen molar-refractivity contribution in [3.8, 4) is 11.5 Å². The average molecular weight is 436 g/mol. The highest BCUT2D eigenvalue weighted by Crippen LogP contribution is 2.39. The fourth-order valence-electron chi connectivity index (χ4n) is 2.16. The first-order chi connectivity index (χ1) is 12.8. The highest BCUT2D eigenvalue weighted by Gasteiger charge is 2.25. The zero-order valence-electron chi connectivity index (χ0n) is 14.3. The van der Waals surface area contributed by atoms with Crippen LogP contribution in [0.5, 0.6) is 11.5 Å². The van der Waals surface area contributed by atoms with Gasteiger partial charge in [-0.1, -0.05) is 12.1 Å². The maximum Gasteiger partial charge on any atom is 0.323 e. The van der Waals surface area contributed by atoms with Crippen molar-refractivity contribution in [1.82, 2.24) is 5.43 Å². The molecular formula is C17H14BrN3O6. The van der Waals surface area contributed by atoms with E-state index in [1.54, 1.807) is 24.3 Å². The van der Waals surface area contributed by atoms with E-state index in [-0.39, 0.29) is 17.1 Å². The zero-order valence-corrected chi connectivity index (χ0v) is 15.8. The Kier molecular flexibility index (Phi) is 6.61. The van der Waals surface area contributed by atoms with Crippen LogP contribution in [0.15, 0.2) is 46.0 Å². The van der Waals surface area contributed by atoms with Crippen molar-refractivity contribution >= 4 is 39.7 Å². The lowest BCUT2D eigenvalue weighted by atomic mass is 10.1. The number of halogens is 1. The summed E-state index contributed by atoms with van der Waals surface area (Å²) < 4.78 is 10.5. The lowest BCUT2D eigenvalue weighted by molar-refractivity contribution is -0.385. The largest absolute Gasteiger partial charge is 0.488 e. The Morgan fingerprint density at radius 2 is 1.96 bits per heavy atom. The first-order valence-electron chi connectivity index (χ1n) is 7.47. The maximum absolute atomic E-state index is 12.1. The molecule has 0 aromatic heterocycles. The van der Waals surface area contributed by atoms with E-state index in [0.29, 0.717) is 10.0 Å². The molecule has 10 heteroatoms. The van der Waals surface area contributed by atoms with Gasteiger partial charge in [-0.15, -0.1) is 0 Å². The number of rotatable bonds is 6. The monoisotopic (exact) mass is 435 g/mol. The topological polar surface area (TPSA) is 120 Å². The van der Waals surface area contributed by atoms with Gasteiger partial charge in [0.15, 0.2) is 5.75 Å². The van der Waals surface area contributed by atoms with E-state index in [9.17, 15) is 19.7 Å². The molecule has 0 aliphatic rings. The summed E-state index contributed by atoms with van der Waals surface area (Å²) in [7, 11) is 1.21. The summed E-state index contributed by atoms with van der Waals surface area (Å²) >= 11 is 3.25. The quantitative estimate of drug-likeness (QED) is 0.244. The molecule has 1 amide bonds. The van der Waals surface area contributed by atoms with Crippen LogP contribution in [0.2, 0.25) is 0 Å². The Morgan fingerprint density at radius 1 is 1.26 bits per heavy atom. The second-order valence-corrected chi connectivity index (χ2v) is 5.92. The molecule has 0 atom stereocenters. The number of esters is 1. The third-order valence-corrected chi connectivity index (χ3v) is 3.95. The van der Waals surface area contributed by atoms with Crippen LogP contribution >= 0.6 is 15.9 Å². The second kappa shape index (κ2) is 8.90. The summed E-state index contributed by atoms with van der Waals surface area (Å²) in [5.41, 5.74) is 2.25. The fraction of sp³-hybridized carbons (Fsp3) is 0.118. The van der Waals surface area contributed by atoms with Gasteiger partial charge in [0.25, 0.3) is 5.91 Å². The first-order valence-corrected chi connectivity index (χ1v) is 8.26. The van der Waals surface area contributed by atoms with Crippen LogP contribution in [-0.4, -0.2) is 30.1 Å². The summed E-state index contributed by atoms with van der Waals surface area (Å²) in [5.74, 6) is -1.46. The van der Waals surface area contributed by atoms with Gasteiger partial charge in [0.05, 0.1) is 29.4 Å². The Balaban J connectivity index is 2.31. The van der Waals surface area contributed by atoms with Crippen molar-refractivity contribution in [3.05, 3.63) is 62.1 Å². The maximum atomic E-state index is 12.1. The summed E-state index contributed by atoms with van der Waals surface area (Å²) in [6.45, 7) is 1.16. The predicted molar refractivity (Wildman–Crippen MR) is 100 cm³/mol. The molecule has 1 N–H and O–H groups in total. The van der Waals surface area contributed by atoms with Gasteiger partial charge in [-0.05, 0) is 40.2 Å². The van der Waals surface area contributed by atoms with Gasteiger partial charge in [0.1, 0.15) is 0 Å². The van der Waals surface area contributed by atoms with E-state index in [1.807, 2.05) is 0 Å². The third-order valence-electron chi connectivity index (χ3n) is 3.26. The van der Waals surface area contributed by atoms with E-state index < -0.39 is 22.5 Å². The number of hydrogen-bond acceptors (Lipinski definition) is 7. The minimum Gasteiger partial charge on any atom is -0.488 e. The van der Waals surface area contributed by atoms with Crippen molar-refractivity contribution < 1.29 is 24.0 Å². The van der Waals surface area contributed by atoms with Gasteiger partial charge in [0, 0.05) is 11.4 Å². The second-order valence-electron chi connectivity index (χ2n) is 5.06. The molecular weight excluding hydrogens is 422 g/mol. The minimum atomic E-state index is -0.692. The summed E-state index contributed by atoms with van der Waals surface area (Å²) in [4.78, 5) is 34.0. The number of nitrogens with one attached hydrogen (secondary N) is 1. The Morgan fingerprint density at radius 3 is 2.56 bits per heavy atom. The van der Waals surface area contributed by atoms with Crippen LogP contribution in [0.3, 0.4) is 0 Å².